The molecule has 0 atom stereocenters. The first-order valence-corrected chi connectivity index (χ1v) is 11.0. The molecule has 0 saturated heterocycles. The Morgan fingerprint density at radius 3 is 2.61 bits per heavy atom. The summed E-state index contributed by atoms with van der Waals surface area (Å²) in [5, 5.41) is 18.9. The summed E-state index contributed by atoms with van der Waals surface area (Å²) in [5.41, 5.74) is 4.00. The number of aromatic amines is 1. The average molecular weight is 417 g/mol. The Morgan fingerprint density at radius 1 is 1.00 bits per heavy atom. The predicted molar refractivity (Wildman–Crippen MR) is 119 cm³/mol. The number of hydrogen-bond acceptors (Lipinski definition) is 6. The van der Waals surface area contributed by atoms with Gasteiger partial charge < -0.3 is 0 Å². The van der Waals surface area contributed by atoms with Crippen molar-refractivity contribution in [3.63, 3.8) is 0 Å². The van der Waals surface area contributed by atoms with Gasteiger partial charge in [0.15, 0.2) is 11.6 Å². The number of H-pyrrole nitrogens is 1. The van der Waals surface area contributed by atoms with Crippen molar-refractivity contribution in [2.45, 2.75) is 58.9 Å². The molecule has 0 aliphatic carbocycles. The third-order valence-electron chi connectivity index (χ3n) is 5.24. The maximum atomic E-state index is 4.84. The van der Waals surface area contributed by atoms with E-state index in [0.29, 0.717) is 5.82 Å². The Labute approximate surface area is 182 Å². The van der Waals surface area contributed by atoms with Crippen LogP contribution in [-0.4, -0.2) is 40.4 Å². The van der Waals surface area contributed by atoms with Crippen molar-refractivity contribution < 1.29 is 0 Å². The molecule has 4 rings (SSSR count). The quantitative estimate of drug-likeness (QED) is 0.388. The summed E-state index contributed by atoms with van der Waals surface area (Å²) >= 11 is 0. The van der Waals surface area contributed by atoms with E-state index >= 15 is 0 Å². The van der Waals surface area contributed by atoms with Gasteiger partial charge in [0.05, 0.1) is 0 Å². The lowest BCUT2D eigenvalue weighted by Gasteiger charge is -2.08. The van der Waals surface area contributed by atoms with Gasteiger partial charge >= 0.3 is 0 Å². The molecule has 3 heterocycles. The molecular weight excluding hydrogens is 388 g/mol. The van der Waals surface area contributed by atoms with Crippen LogP contribution in [0.1, 0.15) is 56.7 Å². The van der Waals surface area contributed by atoms with Crippen molar-refractivity contribution in [1.82, 2.24) is 40.4 Å². The van der Waals surface area contributed by atoms with E-state index in [1.165, 1.54) is 18.4 Å². The minimum absolute atomic E-state index is 0.558. The van der Waals surface area contributed by atoms with E-state index in [9.17, 15) is 0 Å². The van der Waals surface area contributed by atoms with Crippen LogP contribution in [-0.2, 0) is 19.4 Å². The SMILES string of the molecule is CCCCCc1nc(Cc2ccc(-c3cccnc3-c3nnn[nH]3)cc2)n(CCC)n1. The van der Waals surface area contributed by atoms with Crippen LogP contribution in [0.25, 0.3) is 22.6 Å². The normalized spacial score (nSPS) is 11.2. The number of aromatic nitrogens is 8. The average Bonchev–Trinajstić information content (AvgIpc) is 3.46. The molecule has 8 heteroatoms. The highest BCUT2D eigenvalue weighted by Crippen LogP contribution is 2.28. The first-order chi connectivity index (χ1) is 15.3. The van der Waals surface area contributed by atoms with E-state index in [4.69, 9.17) is 10.1 Å². The third-order valence-corrected chi connectivity index (χ3v) is 5.24. The molecule has 8 nitrogen and oxygen atoms in total. The van der Waals surface area contributed by atoms with Crippen molar-refractivity contribution in [3.05, 3.63) is 59.8 Å². The first-order valence-electron chi connectivity index (χ1n) is 11.0. The summed E-state index contributed by atoms with van der Waals surface area (Å²) in [6.07, 6.45) is 8.09. The van der Waals surface area contributed by atoms with Gasteiger partial charge in [-0.2, -0.15) is 5.10 Å². The number of hydrogen-bond donors (Lipinski definition) is 1. The minimum atomic E-state index is 0.558. The van der Waals surface area contributed by atoms with Crippen molar-refractivity contribution in [2.24, 2.45) is 0 Å². The molecule has 31 heavy (non-hydrogen) atoms. The molecule has 0 fully saturated rings. The molecule has 1 aromatic carbocycles. The Kier molecular flexibility index (Phi) is 6.76. The largest absolute Gasteiger partial charge is 0.252 e. The second-order valence-corrected chi connectivity index (χ2v) is 7.65. The van der Waals surface area contributed by atoms with E-state index in [1.54, 1.807) is 6.20 Å². The Balaban J connectivity index is 1.53. The van der Waals surface area contributed by atoms with Gasteiger partial charge in [0.25, 0.3) is 0 Å². The molecule has 0 spiro atoms. The van der Waals surface area contributed by atoms with E-state index in [1.807, 2.05) is 12.1 Å². The fourth-order valence-electron chi connectivity index (χ4n) is 3.66. The van der Waals surface area contributed by atoms with Crippen LogP contribution in [0.2, 0.25) is 0 Å². The summed E-state index contributed by atoms with van der Waals surface area (Å²) in [4.78, 5) is 9.30. The van der Waals surface area contributed by atoms with E-state index in [-0.39, 0.29) is 0 Å². The highest BCUT2D eigenvalue weighted by Gasteiger charge is 2.13. The molecule has 0 saturated carbocycles. The van der Waals surface area contributed by atoms with Crippen LogP contribution in [0, 0.1) is 0 Å². The number of tetrazole rings is 1. The molecule has 0 aliphatic heterocycles. The van der Waals surface area contributed by atoms with Gasteiger partial charge in [0.1, 0.15) is 11.5 Å². The lowest BCUT2D eigenvalue weighted by molar-refractivity contribution is 0.568. The third kappa shape index (κ3) is 5.02. The fourth-order valence-corrected chi connectivity index (χ4v) is 3.66. The molecule has 160 valence electrons. The second kappa shape index (κ2) is 10.1. The molecular formula is C23H28N8. The van der Waals surface area contributed by atoms with E-state index in [2.05, 4.69) is 68.4 Å². The monoisotopic (exact) mass is 416 g/mol. The van der Waals surface area contributed by atoms with Crippen LogP contribution in [0.4, 0.5) is 0 Å². The molecule has 4 aromatic rings. The van der Waals surface area contributed by atoms with Gasteiger partial charge in [-0.15, -0.1) is 5.10 Å². The van der Waals surface area contributed by atoms with Gasteiger partial charge in [-0.1, -0.05) is 57.0 Å². The summed E-state index contributed by atoms with van der Waals surface area (Å²) in [6.45, 7) is 5.29. The van der Waals surface area contributed by atoms with Crippen LogP contribution in [0.5, 0.6) is 0 Å². The molecule has 3 aromatic heterocycles. The molecule has 0 unspecified atom stereocenters. The summed E-state index contributed by atoms with van der Waals surface area (Å²) < 4.78 is 2.07. The first kappa shape index (κ1) is 20.8. The topological polar surface area (TPSA) is 98.1 Å². The number of nitrogens with zero attached hydrogens (tertiary/aromatic N) is 7. The fraction of sp³-hybridized carbons (Fsp3) is 0.391. The van der Waals surface area contributed by atoms with E-state index in [0.717, 1.165) is 60.7 Å². The maximum absolute atomic E-state index is 4.84. The Hall–Kier alpha value is -3.42. The lowest BCUT2D eigenvalue weighted by atomic mass is 10.0. The Morgan fingerprint density at radius 2 is 1.87 bits per heavy atom. The zero-order valence-corrected chi connectivity index (χ0v) is 18.1. The van der Waals surface area contributed by atoms with Crippen molar-refractivity contribution in [1.29, 1.82) is 0 Å². The van der Waals surface area contributed by atoms with E-state index < -0.39 is 0 Å². The minimum Gasteiger partial charge on any atom is -0.252 e. The van der Waals surface area contributed by atoms with Gasteiger partial charge in [0.2, 0.25) is 0 Å². The molecule has 0 amide bonds. The molecule has 0 aliphatic rings. The number of nitrogens with one attached hydrogen (secondary N) is 1. The molecule has 0 bridgehead atoms. The summed E-state index contributed by atoms with van der Waals surface area (Å²) in [5.74, 6) is 2.56. The standard InChI is InChI=1S/C23H28N8/c1-3-5-6-9-20-25-21(31(28-20)15-4-2)16-17-10-12-18(13-11-17)19-8-7-14-24-22(19)23-26-29-30-27-23/h7-8,10-14H,3-6,9,15-16H2,1-2H3,(H,26,27,29,30). The zero-order valence-electron chi connectivity index (χ0n) is 18.1. The maximum Gasteiger partial charge on any atom is 0.198 e. The van der Waals surface area contributed by atoms with Crippen LogP contribution < -0.4 is 0 Å². The number of rotatable bonds is 10. The highest BCUT2D eigenvalue weighted by molar-refractivity contribution is 5.77. The van der Waals surface area contributed by atoms with Gasteiger partial charge in [0, 0.05) is 31.1 Å². The van der Waals surface area contributed by atoms with Crippen LogP contribution in [0.15, 0.2) is 42.6 Å². The number of benzene rings is 1. The smallest absolute Gasteiger partial charge is 0.198 e. The number of pyridine rings is 1. The second-order valence-electron chi connectivity index (χ2n) is 7.65. The van der Waals surface area contributed by atoms with Crippen LogP contribution >= 0.6 is 0 Å². The van der Waals surface area contributed by atoms with Crippen molar-refractivity contribution in [2.75, 3.05) is 0 Å². The molecule has 1 N–H and O–H groups in total. The van der Waals surface area contributed by atoms with Gasteiger partial charge in [-0.25, -0.2) is 14.8 Å². The number of unbranched alkanes of at least 4 members (excludes halogenated alkanes) is 2. The zero-order chi connectivity index (χ0) is 21.5. The van der Waals surface area contributed by atoms with Crippen LogP contribution in [0.3, 0.4) is 0 Å². The van der Waals surface area contributed by atoms with Gasteiger partial charge in [-0.3, -0.25) is 4.98 Å². The number of aryl methyl sites for hydroxylation is 2. The predicted octanol–water partition coefficient (Wildman–Crippen LogP) is 4.25. The molecule has 0 radical (unpaired) electrons. The van der Waals surface area contributed by atoms with Crippen molar-refractivity contribution in [3.8, 4) is 22.6 Å². The summed E-state index contributed by atoms with van der Waals surface area (Å²) in [6, 6.07) is 12.5. The Bertz CT molecular complexity index is 1080. The van der Waals surface area contributed by atoms with Crippen molar-refractivity contribution >= 4 is 0 Å². The lowest BCUT2D eigenvalue weighted by Crippen LogP contribution is -2.06. The summed E-state index contributed by atoms with van der Waals surface area (Å²) in [7, 11) is 0. The van der Waals surface area contributed by atoms with Gasteiger partial charge in [-0.05, 0) is 40.5 Å². The highest BCUT2D eigenvalue weighted by atomic mass is 15.5.